The summed E-state index contributed by atoms with van der Waals surface area (Å²) >= 11 is 2.85. The third-order valence-electron chi connectivity index (χ3n) is 2.82. The quantitative estimate of drug-likeness (QED) is 0.488. The molecule has 0 bridgehead atoms. The van der Waals surface area contributed by atoms with Gasteiger partial charge in [0.2, 0.25) is 24.3 Å². The minimum Gasteiger partial charge on any atom is -0.211 e. The smallest absolute Gasteiger partial charge is 0.211 e. The van der Waals surface area contributed by atoms with Crippen LogP contribution in [0.3, 0.4) is 0 Å². The third-order valence-corrected chi connectivity index (χ3v) is 6.21. The monoisotopic (exact) mass is 326 g/mol. The van der Waals surface area contributed by atoms with Gasteiger partial charge in [-0.25, -0.2) is 29.2 Å². The van der Waals surface area contributed by atoms with Gasteiger partial charge in [0.25, 0.3) is 0 Å². The van der Waals surface area contributed by atoms with Crippen molar-refractivity contribution in [3.05, 3.63) is 0 Å². The van der Waals surface area contributed by atoms with Gasteiger partial charge in [0, 0.05) is 16.8 Å². The molecule has 1 saturated heterocycles. The average molecular weight is 326 g/mol. The molecule has 1 heterocycles. The molecule has 0 aliphatic carbocycles. The fraction of sp³-hybridized carbons (Fsp3) is 0.636. The lowest BCUT2D eigenvalue weighted by Crippen LogP contribution is -2.52. The van der Waals surface area contributed by atoms with Gasteiger partial charge in [-0.1, -0.05) is 0 Å². The maximum atomic E-state index is 10.6. The van der Waals surface area contributed by atoms with Crippen molar-refractivity contribution in [3.63, 3.8) is 0 Å². The van der Waals surface area contributed by atoms with Gasteiger partial charge in [-0.3, -0.25) is 0 Å². The molecule has 1 aliphatic rings. The molecule has 0 saturated carbocycles. The van der Waals surface area contributed by atoms with Crippen LogP contribution in [0.4, 0.5) is 0 Å². The van der Waals surface area contributed by atoms with Crippen LogP contribution in [-0.4, -0.2) is 65.1 Å². The first-order valence-electron chi connectivity index (χ1n) is 5.72. The average Bonchev–Trinajstić information content (AvgIpc) is 2.51. The van der Waals surface area contributed by atoms with E-state index in [9.17, 15) is 19.2 Å². The van der Waals surface area contributed by atoms with Crippen molar-refractivity contribution in [1.82, 2.24) is 0 Å². The maximum absolute atomic E-state index is 10.6. The van der Waals surface area contributed by atoms with Gasteiger partial charge in [0.05, 0.1) is 17.8 Å². The lowest BCUT2D eigenvalue weighted by Gasteiger charge is -2.42. The van der Waals surface area contributed by atoms with Gasteiger partial charge < -0.3 is 0 Å². The Bertz CT molecular complexity index is 543. The molecular weight excluding hydrogens is 316 g/mol. The summed E-state index contributed by atoms with van der Waals surface area (Å²) in [6.45, 7) is 0.0308. The number of carbonyl (C=O) groups excluding carboxylic acids is 4. The number of isocyanates is 4. The van der Waals surface area contributed by atoms with Crippen LogP contribution < -0.4 is 0 Å². The second kappa shape index (κ2) is 9.21. The highest BCUT2D eigenvalue weighted by molar-refractivity contribution is 8.07. The first-order valence-corrected chi connectivity index (χ1v) is 7.75. The van der Waals surface area contributed by atoms with Crippen molar-refractivity contribution >= 4 is 47.8 Å². The predicted molar refractivity (Wildman–Crippen MR) is 77.4 cm³/mol. The minimum absolute atomic E-state index is 0.0613. The molecule has 1 fully saturated rings. The van der Waals surface area contributed by atoms with E-state index in [1.165, 1.54) is 47.8 Å². The Labute approximate surface area is 128 Å². The van der Waals surface area contributed by atoms with Crippen LogP contribution in [0.1, 0.15) is 0 Å². The number of thioether (sulfide) groups is 2. The van der Waals surface area contributed by atoms with E-state index in [-0.39, 0.29) is 18.3 Å². The Kier molecular flexibility index (Phi) is 7.58. The predicted octanol–water partition coefficient (Wildman–Crippen LogP) is 0.243. The van der Waals surface area contributed by atoms with Gasteiger partial charge in [0.1, 0.15) is 0 Å². The molecule has 10 heteroatoms. The molecule has 2 atom stereocenters. The lowest BCUT2D eigenvalue weighted by molar-refractivity contribution is 0.461. The van der Waals surface area contributed by atoms with E-state index in [1.54, 1.807) is 0 Å². The van der Waals surface area contributed by atoms with E-state index >= 15 is 0 Å². The second-order valence-corrected chi connectivity index (χ2v) is 6.58. The summed E-state index contributed by atoms with van der Waals surface area (Å²) in [6.07, 6.45) is 4.48. The summed E-state index contributed by atoms with van der Waals surface area (Å²) < 4.78 is -0.963. The Hall–Kier alpha value is -1.78. The van der Waals surface area contributed by atoms with E-state index in [0.717, 1.165) is 5.75 Å². The van der Waals surface area contributed by atoms with Crippen molar-refractivity contribution in [1.29, 1.82) is 0 Å². The fourth-order valence-electron chi connectivity index (χ4n) is 1.96. The number of hydrogen-bond donors (Lipinski definition) is 0. The molecule has 21 heavy (non-hydrogen) atoms. The molecule has 0 spiro atoms. The highest BCUT2D eigenvalue weighted by Crippen LogP contribution is 2.45. The van der Waals surface area contributed by atoms with Gasteiger partial charge in [-0.05, 0) is 0 Å². The largest absolute Gasteiger partial charge is 0.237 e. The molecule has 0 aromatic carbocycles. The standard InChI is InChI=1S/C11H10N4O4S2/c16-5-12-3-9-11(4-13-6-17,21-2-1-20-9)10(14-7-18)15-8-19/h9-10H,1-4H2. The minimum atomic E-state index is -1.10. The molecule has 2 unspecified atom stereocenters. The summed E-state index contributed by atoms with van der Waals surface area (Å²) in [5.74, 6) is 1.46. The van der Waals surface area contributed by atoms with Crippen LogP contribution >= 0.6 is 23.5 Å². The Morgan fingerprint density at radius 2 is 1.67 bits per heavy atom. The zero-order chi connectivity index (χ0) is 15.6. The normalized spacial score (nSPS) is 25.2. The zero-order valence-electron chi connectivity index (χ0n) is 10.7. The summed E-state index contributed by atoms with van der Waals surface area (Å²) in [7, 11) is 0. The summed E-state index contributed by atoms with van der Waals surface area (Å²) in [5.41, 5.74) is 0. The Morgan fingerprint density at radius 3 is 2.24 bits per heavy atom. The van der Waals surface area contributed by atoms with Crippen molar-refractivity contribution in [2.45, 2.75) is 16.2 Å². The molecule has 0 aromatic rings. The van der Waals surface area contributed by atoms with Crippen molar-refractivity contribution in [2.24, 2.45) is 20.0 Å². The van der Waals surface area contributed by atoms with E-state index in [4.69, 9.17) is 0 Å². The number of rotatable bonds is 7. The molecule has 8 nitrogen and oxygen atoms in total. The van der Waals surface area contributed by atoms with Gasteiger partial charge in [0.15, 0.2) is 6.17 Å². The van der Waals surface area contributed by atoms with Gasteiger partial charge in [-0.15, -0.1) is 11.8 Å². The SMILES string of the molecule is O=C=NCC1SCCSC1(CN=C=O)C(N=C=O)N=C=O. The first-order chi connectivity index (χ1) is 10.2. The third kappa shape index (κ3) is 4.34. The number of aliphatic imine (C=N–C) groups is 4. The summed E-state index contributed by atoms with van der Waals surface area (Å²) in [4.78, 5) is 56.1. The maximum Gasteiger partial charge on any atom is 0.237 e. The molecular formula is C11H10N4O4S2. The van der Waals surface area contributed by atoms with Crippen LogP contribution in [0.5, 0.6) is 0 Å². The highest BCUT2D eigenvalue weighted by Gasteiger charge is 2.49. The summed E-state index contributed by atoms with van der Waals surface area (Å²) in [6, 6.07) is 0. The molecule has 0 amide bonds. The van der Waals surface area contributed by atoms with Gasteiger partial charge >= 0.3 is 0 Å². The van der Waals surface area contributed by atoms with Crippen molar-refractivity contribution < 1.29 is 19.2 Å². The van der Waals surface area contributed by atoms with E-state index in [1.807, 2.05) is 0 Å². The molecule has 1 aliphatic heterocycles. The zero-order valence-corrected chi connectivity index (χ0v) is 12.4. The lowest BCUT2D eigenvalue weighted by atomic mass is 10.00. The van der Waals surface area contributed by atoms with Gasteiger partial charge in [-0.2, -0.15) is 21.7 Å². The molecule has 110 valence electrons. The Balaban J connectivity index is 3.30. The molecule has 1 rings (SSSR count). The van der Waals surface area contributed by atoms with E-state index in [0.29, 0.717) is 5.75 Å². The topological polar surface area (TPSA) is 118 Å². The number of hydrogen-bond acceptors (Lipinski definition) is 10. The van der Waals surface area contributed by atoms with E-state index in [2.05, 4.69) is 20.0 Å². The van der Waals surface area contributed by atoms with E-state index < -0.39 is 10.9 Å². The highest BCUT2D eigenvalue weighted by atomic mass is 32.2. The second-order valence-electron chi connectivity index (χ2n) is 3.82. The number of nitrogens with zero attached hydrogens (tertiary/aromatic N) is 4. The van der Waals surface area contributed by atoms with Crippen LogP contribution in [0.25, 0.3) is 0 Å². The van der Waals surface area contributed by atoms with Crippen LogP contribution in [0, 0.1) is 0 Å². The Morgan fingerprint density at radius 1 is 1.00 bits per heavy atom. The summed E-state index contributed by atoms with van der Waals surface area (Å²) in [5, 5.41) is -0.325. The van der Waals surface area contributed by atoms with Crippen molar-refractivity contribution in [2.75, 3.05) is 24.6 Å². The van der Waals surface area contributed by atoms with Crippen LogP contribution in [0.15, 0.2) is 20.0 Å². The van der Waals surface area contributed by atoms with Crippen LogP contribution in [-0.2, 0) is 19.2 Å². The molecule has 0 radical (unpaired) electrons. The first kappa shape index (κ1) is 17.3. The van der Waals surface area contributed by atoms with Crippen LogP contribution in [0.2, 0.25) is 0 Å². The molecule has 0 aromatic heterocycles. The molecule has 0 N–H and O–H groups in total. The fourth-order valence-corrected chi connectivity index (χ4v) is 5.08. The van der Waals surface area contributed by atoms with Crippen molar-refractivity contribution in [3.8, 4) is 0 Å².